The van der Waals surface area contributed by atoms with Crippen LogP contribution in [-0.2, 0) is 9.53 Å². The summed E-state index contributed by atoms with van der Waals surface area (Å²) in [5.41, 5.74) is 0.282. The summed E-state index contributed by atoms with van der Waals surface area (Å²) >= 11 is 4.21. The third kappa shape index (κ3) is 4.19. The van der Waals surface area contributed by atoms with E-state index in [4.69, 9.17) is 4.74 Å². The Morgan fingerprint density at radius 2 is 2.07 bits per heavy atom. The number of pyridine rings is 2. The Labute approximate surface area is 173 Å². The highest BCUT2D eigenvalue weighted by Crippen LogP contribution is 2.28. The van der Waals surface area contributed by atoms with Crippen LogP contribution in [0, 0.1) is 0 Å². The number of carbonyl (C=O) groups is 2. The molecule has 2 aromatic rings. The number of nitrogens with one attached hydrogen (secondary N) is 1. The van der Waals surface area contributed by atoms with Crippen LogP contribution in [0.25, 0.3) is 11.0 Å². The first-order valence-electron chi connectivity index (χ1n) is 9.22. The second-order valence-electron chi connectivity index (χ2n) is 6.36. The number of H-pyrrole nitrogens is 1. The van der Waals surface area contributed by atoms with Gasteiger partial charge in [-0.25, -0.2) is 9.78 Å². The van der Waals surface area contributed by atoms with Gasteiger partial charge in [0.15, 0.2) is 0 Å². The van der Waals surface area contributed by atoms with Gasteiger partial charge in [0.25, 0.3) is 11.5 Å². The summed E-state index contributed by atoms with van der Waals surface area (Å²) in [6.07, 6.45) is 4.63. The second-order valence-corrected chi connectivity index (χ2v) is 6.85. The van der Waals surface area contributed by atoms with Gasteiger partial charge in [-0.2, -0.15) is 0 Å². The predicted molar refractivity (Wildman–Crippen MR) is 114 cm³/mol. The van der Waals surface area contributed by atoms with Crippen molar-refractivity contribution in [3.05, 3.63) is 57.9 Å². The smallest absolute Gasteiger partial charge is 0.345 e. The number of carbonyl (C=O) groups excluding carboxylic acids is 2. The van der Waals surface area contributed by atoms with Crippen molar-refractivity contribution >= 4 is 41.2 Å². The number of hydrogen-bond donors (Lipinski definition) is 2. The normalized spacial score (nSPS) is 14.8. The fourth-order valence-electron chi connectivity index (χ4n) is 3.31. The lowest BCUT2D eigenvalue weighted by molar-refractivity contribution is -0.126. The van der Waals surface area contributed by atoms with Gasteiger partial charge < -0.3 is 19.5 Å². The zero-order valence-corrected chi connectivity index (χ0v) is 16.9. The summed E-state index contributed by atoms with van der Waals surface area (Å²) in [6, 6.07) is 3.54. The molecular formula is C20H22N4O4S. The summed E-state index contributed by atoms with van der Waals surface area (Å²) in [5.74, 6) is -0.865. The number of ether oxygens (including phenoxy) is 1. The van der Waals surface area contributed by atoms with E-state index in [0.717, 1.165) is 0 Å². The highest BCUT2D eigenvalue weighted by atomic mass is 32.1. The van der Waals surface area contributed by atoms with Crippen molar-refractivity contribution in [2.75, 3.05) is 37.7 Å². The molecule has 0 aromatic carbocycles. The summed E-state index contributed by atoms with van der Waals surface area (Å²) in [6.45, 7) is 7.15. The van der Waals surface area contributed by atoms with Crippen molar-refractivity contribution in [1.82, 2.24) is 14.9 Å². The van der Waals surface area contributed by atoms with Gasteiger partial charge in [0.05, 0.1) is 17.2 Å². The van der Waals surface area contributed by atoms with Crippen molar-refractivity contribution < 1.29 is 14.3 Å². The Kier molecular flexibility index (Phi) is 6.38. The monoisotopic (exact) mass is 414 g/mol. The Balaban J connectivity index is 1.97. The molecule has 152 valence electrons. The minimum absolute atomic E-state index is 0.0476. The maximum absolute atomic E-state index is 12.6. The Morgan fingerprint density at radius 3 is 2.72 bits per heavy atom. The molecule has 0 bridgehead atoms. The van der Waals surface area contributed by atoms with Crippen LogP contribution in [0.4, 0.5) is 5.69 Å². The van der Waals surface area contributed by atoms with Crippen molar-refractivity contribution in [3.8, 4) is 0 Å². The number of fused-ring (bicyclic) bond motifs is 1. The molecule has 29 heavy (non-hydrogen) atoms. The molecule has 1 aliphatic heterocycles. The van der Waals surface area contributed by atoms with Crippen molar-refractivity contribution in [2.45, 2.75) is 6.92 Å². The Morgan fingerprint density at radius 1 is 1.34 bits per heavy atom. The molecule has 1 aliphatic rings. The fourth-order valence-corrected chi connectivity index (χ4v) is 3.55. The lowest BCUT2D eigenvalue weighted by Crippen LogP contribution is -2.49. The Bertz CT molecular complexity index is 1040. The first-order valence-corrected chi connectivity index (χ1v) is 9.66. The zero-order valence-electron chi connectivity index (χ0n) is 16.1. The van der Waals surface area contributed by atoms with Crippen molar-refractivity contribution in [1.29, 1.82) is 0 Å². The number of hydrogen-bond acceptors (Lipinski definition) is 7. The van der Waals surface area contributed by atoms with Gasteiger partial charge in [0.2, 0.25) is 0 Å². The van der Waals surface area contributed by atoms with E-state index in [1.165, 1.54) is 6.08 Å². The van der Waals surface area contributed by atoms with Crippen LogP contribution in [0.5, 0.6) is 0 Å². The van der Waals surface area contributed by atoms with E-state index < -0.39 is 11.5 Å². The van der Waals surface area contributed by atoms with Crippen molar-refractivity contribution in [3.63, 3.8) is 0 Å². The maximum atomic E-state index is 12.6. The van der Waals surface area contributed by atoms with Gasteiger partial charge in [-0.05, 0) is 25.1 Å². The van der Waals surface area contributed by atoms with E-state index in [0.29, 0.717) is 47.8 Å². The number of aromatic nitrogens is 2. The molecule has 0 unspecified atom stereocenters. The van der Waals surface area contributed by atoms with E-state index >= 15 is 0 Å². The summed E-state index contributed by atoms with van der Waals surface area (Å²) < 4.78 is 5.11. The molecule has 0 aliphatic carbocycles. The number of anilines is 1. The summed E-state index contributed by atoms with van der Waals surface area (Å²) in [5, 5.41) is 0.649. The highest BCUT2D eigenvalue weighted by Gasteiger charge is 2.29. The first-order chi connectivity index (χ1) is 14.0. The molecular weight excluding hydrogens is 392 g/mol. The summed E-state index contributed by atoms with van der Waals surface area (Å²) in [4.78, 5) is 48.4. The number of piperazine rings is 1. The number of nitrogens with zero attached hydrogens (tertiary/aromatic N) is 3. The van der Waals surface area contributed by atoms with Gasteiger partial charge in [-0.1, -0.05) is 12.7 Å². The number of rotatable bonds is 5. The quantitative estimate of drug-likeness (QED) is 0.335. The molecule has 1 N–H and O–H groups in total. The molecule has 0 saturated carbocycles. The zero-order chi connectivity index (χ0) is 21.0. The van der Waals surface area contributed by atoms with Gasteiger partial charge in [0.1, 0.15) is 11.2 Å². The minimum atomic E-state index is -0.681. The van der Waals surface area contributed by atoms with Gasteiger partial charge in [-0.15, -0.1) is 12.6 Å². The molecule has 8 nitrogen and oxygen atoms in total. The third-order valence-electron chi connectivity index (χ3n) is 4.62. The second kappa shape index (κ2) is 8.95. The van der Waals surface area contributed by atoms with Crippen molar-refractivity contribution in [2.24, 2.45) is 0 Å². The maximum Gasteiger partial charge on any atom is 0.345 e. The van der Waals surface area contributed by atoms with E-state index in [9.17, 15) is 14.4 Å². The molecule has 3 heterocycles. The number of allylic oxidation sites excluding steroid dienone is 2. The first kappa shape index (κ1) is 20.7. The molecule has 1 amide bonds. The topological polar surface area (TPSA) is 95.6 Å². The molecule has 1 saturated heterocycles. The van der Waals surface area contributed by atoms with Crippen LogP contribution in [-0.4, -0.2) is 59.5 Å². The lowest BCUT2D eigenvalue weighted by atomic mass is 10.1. The van der Waals surface area contributed by atoms with E-state index in [1.54, 1.807) is 36.2 Å². The van der Waals surface area contributed by atoms with Gasteiger partial charge in [0, 0.05) is 37.8 Å². The van der Waals surface area contributed by atoms with E-state index in [-0.39, 0.29) is 18.1 Å². The summed E-state index contributed by atoms with van der Waals surface area (Å²) in [7, 11) is 0. The van der Waals surface area contributed by atoms with Crippen LogP contribution in [0.15, 0.2) is 46.8 Å². The SMILES string of the molecule is C=C/C=C(\S)C(=O)N1CCN(c2c(C(=O)OCC)c(=O)[nH]c3ncccc23)CC1. The molecule has 0 radical (unpaired) electrons. The van der Waals surface area contributed by atoms with Gasteiger partial charge >= 0.3 is 5.97 Å². The standard InChI is InChI=1S/C20H22N4O4S/c1-3-6-14(29)19(26)24-11-9-23(10-12-24)16-13-7-5-8-21-17(13)22-18(25)15(16)20(27)28-4-2/h3,5-8,29H,1,4,9-12H2,2H3,(H,21,22,25)/b14-6-. The largest absolute Gasteiger partial charge is 0.462 e. The minimum Gasteiger partial charge on any atom is -0.462 e. The number of aromatic amines is 1. The number of amides is 1. The van der Waals surface area contributed by atoms with E-state index in [2.05, 4.69) is 29.2 Å². The van der Waals surface area contributed by atoms with Crippen LogP contribution in [0.3, 0.4) is 0 Å². The average molecular weight is 414 g/mol. The molecule has 1 fully saturated rings. The van der Waals surface area contributed by atoms with Crippen LogP contribution < -0.4 is 10.5 Å². The van der Waals surface area contributed by atoms with Crippen LogP contribution in [0.2, 0.25) is 0 Å². The molecule has 2 aromatic heterocycles. The fraction of sp³-hybridized carbons (Fsp3) is 0.300. The molecule has 3 rings (SSSR count). The predicted octanol–water partition coefficient (Wildman–Crippen LogP) is 1.75. The molecule has 0 atom stereocenters. The number of thiol groups is 1. The van der Waals surface area contributed by atoms with Crippen LogP contribution in [0.1, 0.15) is 17.3 Å². The Hall–Kier alpha value is -3.07. The lowest BCUT2D eigenvalue weighted by Gasteiger charge is -2.37. The molecule has 0 spiro atoms. The number of esters is 1. The van der Waals surface area contributed by atoms with Gasteiger partial charge in [-0.3, -0.25) is 9.59 Å². The average Bonchev–Trinajstić information content (AvgIpc) is 2.72. The van der Waals surface area contributed by atoms with E-state index in [1.807, 2.05) is 4.90 Å². The molecule has 9 heteroatoms. The highest BCUT2D eigenvalue weighted by molar-refractivity contribution is 7.85. The van der Waals surface area contributed by atoms with Crippen LogP contribution >= 0.6 is 12.6 Å². The third-order valence-corrected chi connectivity index (χ3v) is 4.96.